The molecule has 18 heavy (non-hydrogen) atoms. The number of nitrogen functional groups attached to an aromatic ring is 1. The molecule has 0 aliphatic heterocycles. The SMILES string of the molecule is CCN(c1ccccc1C)c1nc(N)ncc1F. The van der Waals surface area contributed by atoms with Gasteiger partial charge in [-0.1, -0.05) is 18.2 Å². The van der Waals surface area contributed by atoms with Crippen molar-refractivity contribution in [2.24, 2.45) is 0 Å². The van der Waals surface area contributed by atoms with Gasteiger partial charge >= 0.3 is 0 Å². The zero-order valence-electron chi connectivity index (χ0n) is 10.4. The van der Waals surface area contributed by atoms with Crippen LogP contribution in [0.15, 0.2) is 30.5 Å². The van der Waals surface area contributed by atoms with Gasteiger partial charge in [-0.15, -0.1) is 0 Å². The van der Waals surface area contributed by atoms with E-state index in [1.54, 1.807) is 4.90 Å². The molecule has 0 spiro atoms. The number of hydrogen-bond donors (Lipinski definition) is 1. The first kappa shape index (κ1) is 12.3. The van der Waals surface area contributed by atoms with E-state index in [9.17, 15) is 4.39 Å². The van der Waals surface area contributed by atoms with Gasteiger partial charge in [0.25, 0.3) is 0 Å². The van der Waals surface area contributed by atoms with E-state index in [-0.39, 0.29) is 11.8 Å². The molecule has 1 aromatic carbocycles. The normalized spacial score (nSPS) is 10.4. The monoisotopic (exact) mass is 246 g/mol. The van der Waals surface area contributed by atoms with Crippen molar-refractivity contribution < 1.29 is 4.39 Å². The molecule has 0 saturated heterocycles. The lowest BCUT2D eigenvalue weighted by atomic mass is 10.2. The zero-order chi connectivity index (χ0) is 13.1. The third-order valence-corrected chi connectivity index (χ3v) is 2.72. The van der Waals surface area contributed by atoms with Crippen LogP contribution < -0.4 is 10.6 Å². The predicted octanol–water partition coefficient (Wildman–Crippen LogP) is 2.66. The maximum Gasteiger partial charge on any atom is 0.222 e. The minimum atomic E-state index is -0.477. The number of benzene rings is 1. The van der Waals surface area contributed by atoms with Gasteiger partial charge in [0.2, 0.25) is 5.95 Å². The van der Waals surface area contributed by atoms with E-state index in [4.69, 9.17) is 5.73 Å². The highest BCUT2D eigenvalue weighted by molar-refractivity contribution is 5.64. The Kier molecular flexibility index (Phi) is 3.41. The highest BCUT2D eigenvalue weighted by Crippen LogP contribution is 2.28. The Hall–Kier alpha value is -2.17. The third kappa shape index (κ3) is 2.25. The van der Waals surface area contributed by atoms with E-state index in [0.29, 0.717) is 6.54 Å². The minimum absolute atomic E-state index is 0.0680. The molecule has 5 heteroatoms. The second kappa shape index (κ2) is 5.00. The molecule has 4 nitrogen and oxygen atoms in total. The van der Waals surface area contributed by atoms with E-state index >= 15 is 0 Å². The van der Waals surface area contributed by atoms with Crippen molar-refractivity contribution >= 4 is 17.5 Å². The summed E-state index contributed by atoms with van der Waals surface area (Å²) >= 11 is 0. The molecule has 2 aromatic rings. The highest BCUT2D eigenvalue weighted by atomic mass is 19.1. The Balaban J connectivity index is 2.52. The molecular formula is C13H15FN4. The van der Waals surface area contributed by atoms with E-state index in [1.807, 2.05) is 38.1 Å². The third-order valence-electron chi connectivity index (χ3n) is 2.72. The maximum atomic E-state index is 13.8. The van der Waals surface area contributed by atoms with Crippen LogP contribution in [0.2, 0.25) is 0 Å². The number of aryl methyl sites for hydroxylation is 1. The molecule has 0 fully saturated rings. The zero-order valence-corrected chi connectivity index (χ0v) is 10.4. The summed E-state index contributed by atoms with van der Waals surface area (Å²) in [5, 5.41) is 0. The van der Waals surface area contributed by atoms with Crippen LogP contribution in [0.1, 0.15) is 12.5 Å². The minimum Gasteiger partial charge on any atom is -0.368 e. The van der Waals surface area contributed by atoms with Crippen LogP contribution >= 0.6 is 0 Å². The van der Waals surface area contributed by atoms with Gasteiger partial charge in [-0.25, -0.2) is 9.37 Å². The molecule has 0 amide bonds. The highest BCUT2D eigenvalue weighted by Gasteiger charge is 2.16. The first-order valence-corrected chi connectivity index (χ1v) is 5.74. The Labute approximate surface area is 105 Å². The van der Waals surface area contributed by atoms with E-state index in [2.05, 4.69) is 9.97 Å². The summed E-state index contributed by atoms with van der Waals surface area (Å²) in [6, 6.07) is 7.75. The number of rotatable bonds is 3. The molecule has 0 aliphatic rings. The van der Waals surface area contributed by atoms with Crippen molar-refractivity contribution in [1.82, 2.24) is 9.97 Å². The number of halogens is 1. The molecule has 1 aromatic heterocycles. The number of anilines is 3. The lowest BCUT2D eigenvalue weighted by molar-refractivity contribution is 0.612. The molecule has 2 N–H and O–H groups in total. The van der Waals surface area contributed by atoms with Gasteiger partial charge in [-0.05, 0) is 25.5 Å². The summed E-state index contributed by atoms with van der Waals surface area (Å²) in [5.41, 5.74) is 7.49. The summed E-state index contributed by atoms with van der Waals surface area (Å²) in [7, 11) is 0. The van der Waals surface area contributed by atoms with Gasteiger partial charge in [0, 0.05) is 12.2 Å². The lowest BCUT2D eigenvalue weighted by Crippen LogP contribution is -2.20. The van der Waals surface area contributed by atoms with Gasteiger partial charge in [-0.2, -0.15) is 4.98 Å². The van der Waals surface area contributed by atoms with Gasteiger partial charge in [-0.3, -0.25) is 0 Å². The van der Waals surface area contributed by atoms with Crippen molar-refractivity contribution in [3.63, 3.8) is 0 Å². The summed E-state index contributed by atoms with van der Waals surface area (Å²) < 4.78 is 13.8. The average molecular weight is 246 g/mol. The van der Waals surface area contributed by atoms with Gasteiger partial charge < -0.3 is 10.6 Å². The second-order valence-corrected chi connectivity index (χ2v) is 3.93. The number of hydrogen-bond acceptors (Lipinski definition) is 4. The van der Waals surface area contributed by atoms with E-state index in [0.717, 1.165) is 17.4 Å². The second-order valence-electron chi connectivity index (χ2n) is 3.93. The van der Waals surface area contributed by atoms with Crippen LogP contribution in [0.4, 0.5) is 21.8 Å². The number of nitrogens with zero attached hydrogens (tertiary/aromatic N) is 3. The molecule has 0 radical (unpaired) electrons. The Morgan fingerprint density at radius 2 is 2.06 bits per heavy atom. The first-order chi connectivity index (χ1) is 8.63. The smallest absolute Gasteiger partial charge is 0.222 e. The fourth-order valence-electron chi connectivity index (χ4n) is 1.86. The van der Waals surface area contributed by atoms with Crippen LogP contribution in [-0.4, -0.2) is 16.5 Å². The Morgan fingerprint density at radius 3 is 2.72 bits per heavy atom. The van der Waals surface area contributed by atoms with Crippen molar-refractivity contribution in [1.29, 1.82) is 0 Å². The average Bonchev–Trinajstić information content (AvgIpc) is 2.36. The summed E-state index contributed by atoms with van der Waals surface area (Å²) in [5.74, 6) is -0.202. The lowest BCUT2D eigenvalue weighted by Gasteiger charge is -2.24. The van der Waals surface area contributed by atoms with Crippen LogP contribution in [-0.2, 0) is 0 Å². The molecule has 2 rings (SSSR count). The Bertz CT molecular complexity index is 556. The quantitative estimate of drug-likeness (QED) is 0.904. The largest absolute Gasteiger partial charge is 0.368 e. The van der Waals surface area contributed by atoms with E-state index < -0.39 is 5.82 Å². The van der Waals surface area contributed by atoms with Gasteiger partial charge in [0.05, 0.1) is 6.20 Å². The topological polar surface area (TPSA) is 55.0 Å². The Morgan fingerprint density at radius 1 is 1.33 bits per heavy atom. The van der Waals surface area contributed by atoms with Crippen molar-refractivity contribution in [2.75, 3.05) is 17.2 Å². The molecule has 0 saturated carbocycles. The van der Waals surface area contributed by atoms with Crippen LogP contribution in [0.5, 0.6) is 0 Å². The molecule has 0 bridgehead atoms. The molecule has 0 unspecified atom stereocenters. The maximum absolute atomic E-state index is 13.8. The molecule has 0 aliphatic carbocycles. The number of para-hydroxylation sites is 1. The van der Waals surface area contributed by atoms with E-state index in [1.165, 1.54) is 0 Å². The van der Waals surface area contributed by atoms with Gasteiger partial charge in [0.15, 0.2) is 11.6 Å². The molecular weight excluding hydrogens is 231 g/mol. The van der Waals surface area contributed by atoms with Crippen LogP contribution in [0.25, 0.3) is 0 Å². The predicted molar refractivity (Wildman–Crippen MR) is 70.3 cm³/mol. The summed E-state index contributed by atoms with van der Waals surface area (Å²) in [4.78, 5) is 9.40. The van der Waals surface area contributed by atoms with Gasteiger partial charge in [0.1, 0.15) is 0 Å². The van der Waals surface area contributed by atoms with Crippen LogP contribution in [0.3, 0.4) is 0 Å². The molecule has 0 atom stereocenters. The first-order valence-electron chi connectivity index (χ1n) is 5.74. The summed E-state index contributed by atoms with van der Waals surface area (Å²) in [6.07, 6.45) is 1.10. The molecule has 1 heterocycles. The number of aromatic nitrogens is 2. The van der Waals surface area contributed by atoms with Crippen molar-refractivity contribution in [3.05, 3.63) is 41.8 Å². The number of nitrogens with two attached hydrogens (primary N) is 1. The molecule has 94 valence electrons. The van der Waals surface area contributed by atoms with Crippen LogP contribution in [0, 0.1) is 12.7 Å². The fourth-order valence-corrected chi connectivity index (χ4v) is 1.86. The summed E-state index contributed by atoms with van der Waals surface area (Å²) in [6.45, 7) is 4.50. The fraction of sp³-hybridized carbons (Fsp3) is 0.231. The standard InChI is InChI=1S/C13H15FN4/c1-3-18(11-7-5-4-6-9(11)2)12-10(14)8-16-13(15)17-12/h4-8H,3H2,1-2H3,(H2,15,16,17). The van der Waals surface area contributed by atoms with Crippen molar-refractivity contribution in [2.45, 2.75) is 13.8 Å². The van der Waals surface area contributed by atoms with Crippen molar-refractivity contribution in [3.8, 4) is 0 Å².